The molecule has 0 aliphatic heterocycles. The number of carbonyl (C=O) groups excluding carboxylic acids is 1. The summed E-state index contributed by atoms with van der Waals surface area (Å²) in [6.07, 6.45) is 0. The summed E-state index contributed by atoms with van der Waals surface area (Å²) in [7, 11) is 0. The molecule has 0 fully saturated rings. The summed E-state index contributed by atoms with van der Waals surface area (Å²) in [6.45, 7) is 3.92. The van der Waals surface area contributed by atoms with Crippen LogP contribution < -0.4 is 5.11 Å². The topological polar surface area (TPSA) is 101 Å². The van der Waals surface area contributed by atoms with Crippen LogP contribution in [0.25, 0.3) is 10.9 Å². The number of hydrogen-bond donors (Lipinski definition) is 2. The van der Waals surface area contributed by atoms with E-state index in [-0.39, 0.29) is 11.4 Å². The van der Waals surface area contributed by atoms with Gasteiger partial charge in [0.15, 0.2) is 5.69 Å². The Bertz CT molecular complexity index is 924. The highest BCUT2D eigenvalue weighted by Gasteiger charge is 2.13. The van der Waals surface area contributed by atoms with E-state index in [0.717, 1.165) is 22.0 Å². The van der Waals surface area contributed by atoms with E-state index in [1.165, 1.54) is 24.3 Å². The minimum Gasteiger partial charge on any atom is -0.545 e. The maximum absolute atomic E-state index is 10.7. The maximum atomic E-state index is 10.7. The average Bonchev–Trinajstić information content (AvgIpc) is 2.81. The highest BCUT2D eigenvalue weighted by Crippen LogP contribution is 2.38. The summed E-state index contributed by atoms with van der Waals surface area (Å²) in [5.74, 6) is -1.29. The van der Waals surface area contributed by atoms with Crippen molar-refractivity contribution in [1.29, 1.82) is 0 Å². The van der Waals surface area contributed by atoms with Gasteiger partial charge in [-0.05, 0) is 48.7 Å². The van der Waals surface area contributed by atoms with Crippen molar-refractivity contribution in [3.05, 3.63) is 53.1 Å². The first-order chi connectivity index (χ1) is 11.0. The smallest absolute Gasteiger partial charge is 0.218 e. The van der Waals surface area contributed by atoms with E-state index in [1.807, 2.05) is 26.0 Å². The largest absolute Gasteiger partial charge is 0.545 e. The minimum absolute atomic E-state index is 0.0520. The van der Waals surface area contributed by atoms with E-state index >= 15 is 0 Å². The van der Waals surface area contributed by atoms with E-state index in [9.17, 15) is 15.0 Å². The highest BCUT2D eigenvalue weighted by atomic mass is 16.4. The Morgan fingerprint density at radius 2 is 1.83 bits per heavy atom. The van der Waals surface area contributed by atoms with Crippen LogP contribution in [0.4, 0.5) is 11.4 Å². The summed E-state index contributed by atoms with van der Waals surface area (Å²) in [6, 6.07) is 9.77. The van der Waals surface area contributed by atoms with Crippen LogP contribution in [-0.4, -0.2) is 16.1 Å². The number of nitrogens with one attached hydrogen (secondary N) is 1. The van der Waals surface area contributed by atoms with Crippen molar-refractivity contribution in [3.63, 3.8) is 0 Å². The lowest BCUT2D eigenvalue weighted by Crippen LogP contribution is -2.21. The van der Waals surface area contributed by atoms with Gasteiger partial charge in [-0.3, -0.25) is 0 Å². The number of fused-ring (bicyclic) bond motifs is 1. The molecule has 0 radical (unpaired) electrons. The van der Waals surface area contributed by atoms with Crippen molar-refractivity contribution < 1.29 is 15.0 Å². The van der Waals surface area contributed by atoms with Crippen molar-refractivity contribution in [2.24, 2.45) is 10.2 Å². The molecule has 1 aromatic heterocycles. The lowest BCUT2D eigenvalue weighted by molar-refractivity contribution is -0.255. The van der Waals surface area contributed by atoms with Crippen LogP contribution in [0.5, 0.6) is 5.88 Å². The zero-order valence-electron chi connectivity index (χ0n) is 12.6. The third-order valence-corrected chi connectivity index (χ3v) is 3.56. The Balaban J connectivity index is 2.01. The van der Waals surface area contributed by atoms with Gasteiger partial charge in [0.1, 0.15) is 0 Å². The first kappa shape index (κ1) is 14.8. The lowest BCUT2D eigenvalue weighted by atomic mass is 10.1. The molecule has 0 atom stereocenters. The van der Waals surface area contributed by atoms with Crippen molar-refractivity contribution in [2.75, 3.05) is 0 Å². The molecule has 0 bridgehead atoms. The fraction of sp³-hybridized carbons (Fsp3) is 0.118. The third-order valence-electron chi connectivity index (χ3n) is 3.56. The van der Waals surface area contributed by atoms with Gasteiger partial charge >= 0.3 is 0 Å². The van der Waals surface area contributed by atoms with Crippen LogP contribution in [0.2, 0.25) is 0 Å². The molecule has 2 aromatic carbocycles. The Hall–Kier alpha value is -3.15. The van der Waals surface area contributed by atoms with Crippen LogP contribution in [0.15, 0.2) is 46.6 Å². The number of aromatic carboxylic acids is 1. The van der Waals surface area contributed by atoms with Gasteiger partial charge in [-0.25, -0.2) is 0 Å². The molecular formula is C17H14N3O3-. The third kappa shape index (κ3) is 2.78. The molecular weight excluding hydrogens is 294 g/mol. The molecule has 0 saturated carbocycles. The van der Waals surface area contributed by atoms with Crippen LogP contribution in [-0.2, 0) is 0 Å². The zero-order valence-corrected chi connectivity index (χ0v) is 12.6. The fourth-order valence-electron chi connectivity index (χ4n) is 2.55. The van der Waals surface area contributed by atoms with Crippen LogP contribution >= 0.6 is 0 Å². The summed E-state index contributed by atoms with van der Waals surface area (Å²) >= 11 is 0. The Labute approximate surface area is 132 Å². The number of aryl methyl sites for hydroxylation is 2. The van der Waals surface area contributed by atoms with Gasteiger partial charge in [-0.15, -0.1) is 5.11 Å². The number of nitrogens with zero attached hydrogens (tertiary/aromatic N) is 2. The number of aromatic hydroxyl groups is 1. The van der Waals surface area contributed by atoms with Crippen LogP contribution in [0, 0.1) is 13.8 Å². The standard InChI is InChI=1S/C17H15N3O3/c1-9-7-10(2)14-13(8-9)18-16(21)15(14)20-19-12-5-3-11(4-6-12)17(22)23/h3-8,18,21H,1-2H3,(H,22,23)/p-1. The van der Waals surface area contributed by atoms with Crippen molar-refractivity contribution >= 4 is 28.2 Å². The predicted molar refractivity (Wildman–Crippen MR) is 84.4 cm³/mol. The molecule has 3 aromatic rings. The number of azo groups is 1. The van der Waals surface area contributed by atoms with E-state index in [0.29, 0.717) is 11.4 Å². The first-order valence-electron chi connectivity index (χ1n) is 7.01. The molecule has 0 spiro atoms. The number of rotatable bonds is 3. The summed E-state index contributed by atoms with van der Waals surface area (Å²) in [5, 5.41) is 29.7. The SMILES string of the molecule is Cc1cc(C)c2c(N=Nc3ccc(C(=O)[O-])cc3)c(O)[nH]c2c1. The molecule has 6 heteroatoms. The molecule has 3 rings (SSSR count). The van der Waals surface area contributed by atoms with Gasteiger partial charge < -0.3 is 20.0 Å². The van der Waals surface area contributed by atoms with Gasteiger partial charge in [0, 0.05) is 5.39 Å². The Morgan fingerprint density at radius 1 is 1.13 bits per heavy atom. The number of carboxylic acid groups (broad SMARTS) is 1. The van der Waals surface area contributed by atoms with Crippen molar-refractivity contribution in [2.45, 2.75) is 13.8 Å². The second-order valence-electron chi connectivity index (χ2n) is 5.36. The number of H-pyrrole nitrogens is 1. The number of hydrogen-bond acceptors (Lipinski definition) is 5. The molecule has 0 saturated heterocycles. The Morgan fingerprint density at radius 3 is 2.48 bits per heavy atom. The molecule has 0 amide bonds. The number of carbonyl (C=O) groups is 1. The van der Waals surface area contributed by atoms with E-state index in [1.54, 1.807) is 0 Å². The summed E-state index contributed by atoms with van der Waals surface area (Å²) < 4.78 is 0. The first-order valence-corrected chi connectivity index (χ1v) is 7.01. The monoisotopic (exact) mass is 308 g/mol. The molecule has 0 unspecified atom stereocenters. The molecule has 0 aliphatic rings. The number of aromatic nitrogens is 1. The number of carboxylic acids is 1. The molecule has 6 nitrogen and oxygen atoms in total. The molecule has 23 heavy (non-hydrogen) atoms. The molecule has 0 aliphatic carbocycles. The van der Waals surface area contributed by atoms with Gasteiger partial charge in [-0.2, -0.15) is 5.11 Å². The Kier molecular flexibility index (Phi) is 3.57. The molecule has 116 valence electrons. The van der Waals surface area contributed by atoms with Gasteiger partial charge in [0.25, 0.3) is 0 Å². The van der Waals surface area contributed by atoms with Crippen molar-refractivity contribution in [3.8, 4) is 5.88 Å². The van der Waals surface area contributed by atoms with Crippen LogP contribution in [0.3, 0.4) is 0 Å². The van der Waals surface area contributed by atoms with Gasteiger partial charge in [0.05, 0.1) is 17.2 Å². The van der Waals surface area contributed by atoms with Crippen LogP contribution in [0.1, 0.15) is 21.5 Å². The minimum atomic E-state index is -1.24. The summed E-state index contributed by atoms with van der Waals surface area (Å²) in [4.78, 5) is 13.6. The van der Waals surface area contributed by atoms with Gasteiger partial charge in [0.2, 0.25) is 5.88 Å². The summed E-state index contributed by atoms with van der Waals surface area (Å²) in [5.41, 5.74) is 3.77. The van der Waals surface area contributed by atoms with Gasteiger partial charge in [-0.1, -0.05) is 18.2 Å². The quantitative estimate of drug-likeness (QED) is 0.726. The normalized spacial score (nSPS) is 11.4. The number of aromatic amines is 1. The fourth-order valence-corrected chi connectivity index (χ4v) is 2.55. The highest BCUT2D eigenvalue weighted by molar-refractivity contribution is 5.97. The van der Waals surface area contributed by atoms with Crippen molar-refractivity contribution in [1.82, 2.24) is 4.98 Å². The van der Waals surface area contributed by atoms with E-state index in [4.69, 9.17) is 0 Å². The van der Waals surface area contributed by atoms with E-state index < -0.39 is 5.97 Å². The second-order valence-corrected chi connectivity index (χ2v) is 5.36. The number of benzene rings is 2. The second kappa shape index (κ2) is 5.57. The average molecular weight is 308 g/mol. The molecule has 2 N–H and O–H groups in total. The zero-order chi connectivity index (χ0) is 16.6. The maximum Gasteiger partial charge on any atom is 0.218 e. The lowest BCUT2D eigenvalue weighted by Gasteiger charge is -2.01. The molecule has 1 heterocycles. The van der Waals surface area contributed by atoms with E-state index in [2.05, 4.69) is 15.2 Å². The predicted octanol–water partition coefficient (Wildman–Crippen LogP) is 3.27.